The highest BCUT2D eigenvalue weighted by Gasteiger charge is 2.48. The number of halogens is 5. The molecule has 0 fully saturated rings. The molecule has 31 heavy (non-hydrogen) atoms. The largest absolute Gasteiger partial charge is 0.452 e. The zero-order valence-electron chi connectivity index (χ0n) is 16.1. The Morgan fingerprint density at radius 2 is 2.03 bits per heavy atom. The van der Waals surface area contributed by atoms with Gasteiger partial charge in [0, 0.05) is 12.1 Å². The lowest BCUT2D eigenvalue weighted by Crippen LogP contribution is -2.35. The molecule has 3 aromatic rings. The number of para-hydroxylation sites is 1. The number of carbonyl (C=O) groups excluding carboxylic acids is 1. The van der Waals surface area contributed by atoms with Crippen LogP contribution in [0.2, 0.25) is 0 Å². The minimum atomic E-state index is -4.56. The summed E-state index contributed by atoms with van der Waals surface area (Å²) in [5.74, 6) is -0.182. The molecule has 2 atom stereocenters. The summed E-state index contributed by atoms with van der Waals surface area (Å²) in [6, 6.07) is 7.79. The van der Waals surface area contributed by atoms with Gasteiger partial charge in [-0.05, 0) is 62.0 Å². The molecule has 0 radical (unpaired) electrons. The third-order valence-electron chi connectivity index (χ3n) is 5.09. The van der Waals surface area contributed by atoms with Crippen molar-refractivity contribution in [1.29, 1.82) is 0 Å². The van der Waals surface area contributed by atoms with Gasteiger partial charge in [0.25, 0.3) is 5.91 Å². The number of fused-ring (bicyclic) bond motifs is 1. The molecule has 0 spiro atoms. The number of alkyl halides is 3. The molecule has 6 nitrogen and oxygen atoms in total. The number of anilines is 2. The Morgan fingerprint density at radius 3 is 2.68 bits per heavy atom. The topological polar surface area (TPSA) is 72.1 Å². The summed E-state index contributed by atoms with van der Waals surface area (Å²) in [6.07, 6.45) is -4.20. The Morgan fingerprint density at radius 1 is 1.29 bits per heavy atom. The van der Waals surface area contributed by atoms with Crippen LogP contribution in [0.15, 0.2) is 50.0 Å². The summed E-state index contributed by atoms with van der Waals surface area (Å²) >= 11 is 6.44. The molecular weight excluding hydrogens is 545 g/mol. The Bertz CT molecular complexity index is 1130. The molecular formula is C20H17Br2F3N4O2. The van der Waals surface area contributed by atoms with E-state index in [9.17, 15) is 18.0 Å². The number of nitrogens with one attached hydrogen (secondary N) is 2. The Labute approximate surface area is 192 Å². The maximum absolute atomic E-state index is 13.9. The second-order valence-electron chi connectivity index (χ2n) is 7.05. The van der Waals surface area contributed by atoms with Gasteiger partial charge in [0.05, 0.1) is 10.5 Å². The van der Waals surface area contributed by atoms with Gasteiger partial charge in [0.15, 0.2) is 16.4 Å². The van der Waals surface area contributed by atoms with Crippen molar-refractivity contribution in [3.05, 3.63) is 62.6 Å². The summed E-state index contributed by atoms with van der Waals surface area (Å²) in [6.45, 7) is 1.95. The van der Waals surface area contributed by atoms with Crippen LogP contribution in [0, 0.1) is 0 Å². The van der Waals surface area contributed by atoms with Crippen LogP contribution in [0.25, 0.3) is 0 Å². The van der Waals surface area contributed by atoms with Gasteiger partial charge in [-0.2, -0.15) is 18.3 Å². The monoisotopic (exact) mass is 560 g/mol. The van der Waals surface area contributed by atoms with Gasteiger partial charge in [-0.3, -0.25) is 4.79 Å². The van der Waals surface area contributed by atoms with Crippen molar-refractivity contribution in [2.24, 2.45) is 0 Å². The minimum Gasteiger partial charge on any atom is -0.452 e. The van der Waals surface area contributed by atoms with Crippen LogP contribution in [-0.4, -0.2) is 21.9 Å². The number of benzene rings is 1. The summed E-state index contributed by atoms with van der Waals surface area (Å²) in [5.41, 5.74) is 1.36. The van der Waals surface area contributed by atoms with Gasteiger partial charge in [-0.15, -0.1) is 0 Å². The van der Waals surface area contributed by atoms with Gasteiger partial charge in [-0.25, -0.2) is 4.68 Å². The maximum Gasteiger partial charge on any atom is 0.410 e. The van der Waals surface area contributed by atoms with Crippen molar-refractivity contribution in [1.82, 2.24) is 9.78 Å². The van der Waals surface area contributed by atoms with Crippen molar-refractivity contribution >= 4 is 49.3 Å². The smallest absolute Gasteiger partial charge is 0.410 e. The molecule has 11 heteroatoms. The van der Waals surface area contributed by atoms with Gasteiger partial charge in [0.1, 0.15) is 11.6 Å². The highest BCUT2D eigenvalue weighted by atomic mass is 79.9. The van der Waals surface area contributed by atoms with Crippen molar-refractivity contribution < 1.29 is 22.4 Å². The Kier molecular flexibility index (Phi) is 5.91. The SMILES string of the molecule is CCc1ccccc1NC(=O)c1nn2c(c1Br)N[C@H](c1ccc(Br)o1)C[C@@H]2C(F)(F)F. The lowest BCUT2D eigenvalue weighted by Gasteiger charge is -2.32. The lowest BCUT2D eigenvalue weighted by atomic mass is 10.0. The number of aromatic nitrogens is 2. The standard InChI is InChI=1S/C20H17Br2F3N4O2/c1-2-10-5-3-4-6-11(10)27-19(30)17-16(22)18-26-12(13-7-8-15(21)31-13)9-14(20(23,24)25)29(18)28-17/h3-8,12,14,26H,2,9H2,1H3,(H,27,30)/t12-,14+/m0/s1. The lowest BCUT2D eigenvalue weighted by molar-refractivity contribution is -0.174. The number of aryl methyl sites for hydroxylation is 1. The fourth-order valence-electron chi connectivity index (χ4n) is 3.57. The predicted molar refractivity (Wildman–Crippen MR) is 116 cm³/mol. The molecule has 0 aliphatic carbocycles. The summed E-state index contributed by atoms with van der Waals surface area (Å²) in [7, 11) is 0. The average Bonchev–Trinajstić information content (AvgIpc) is 3.30. The summed E-state index contributed by atoms with van der Waals surface area (Å²) in [5, 5.41) is 9.79. The molecule has 1 aromatic carbocycles. The molecule has 1 aliphatic heterocycles. The van der Waals surface area contributed by atoms with Crippen LogP contribution in [0.3, 0.4) is 0 Å². The molecule has 164 valence electrons. The second kappa shape index (κ2) is 8.34. The van der Waals surface area contributed by atoms with E-state index in [0.29, 0.717) is 22.5 Å². The number of nitrogens with zero attached hydrogens (tertiary/aromatic N) is 2. The van der Waals surface area contributed by atoms with Crippen LogP contribution in [-0.2, 0) is 6.42 Å². The Balaban J connectivity index is 1.70. The minimum absolute atomic E-state index is 0.0695. The summed E-state index contributed by atoms with van der Waals surface area (Å²) in [4.78, 5) is 12.9. The molecule has 2 aromatic heterocycles. The first kappa shape index (κ1) is 21.9. The highest BCUT2D eigenvalue weighted by Crippen LogP contribution is 2.46. The van der Waals surface area contributed by atoms with Gasteiger partial charge >= 0.3 is 6.18 Å². The van der Waals surface area contributed by atoms with Crippen LogP contribution in [0.1, 0.15) is 47.2 Å². The van der Waals surface area contributed by atoms with E-state index in [1.54, 1.807) is 24.3 Å². The first-order valence-electron chi connectivity index (χ1n) is 9.44. The van der Waals surface area contributed by atoms with Gasteiger partial charge in [-0.1, -0.05) is 25.1 Å². The summed E-state index contributed by atoms with van der Waals surface area (Å²) < 4.78 is 48.4. The van der Waals surface area contributed by atoms with Crippen LogP contribution in [0.4, 0.5) is 24.7 Å². The van der Waals surface area contributed by atoms with E-state index >= 15 is 0 Å². The third kappa shape index (κ3) is 4.25. The predicted octanol–water partition coefficient (Wildman–Crippen LogP) is 6.48. The van der Waals surface area contributed by atoms with E-state index in [2.05, 4.69) is 47.6 Å². The van der Waals surface area contributed by atoms with Crippen molar-refractivity contribution in [3.63, 3.8) is 0 Å². The first-order valence-corrected chi connectivity index (χ1v) is 11.0. The average molecular weight is 562 g/mol. The van der Waals surface area contributed by atoms with Crippen molar-refractivity contribution in [3.8, 4) is 0 Å². The molecule has 2 N–H and O–H groups in total. The van der Waals surface area contributed by atoms with E-state index in [-0.39, 0.29) is 22.4 Å². The molecule has 0 bridgehead atoms. The third-order valence-corrected chi connectivity index (χ3v) is 6.27. The number of hydrogen-bond donors (Lipinski definition) is 2. The number of rotatable bonds is 4. The van der Waals surface area contributed by atoms with Crippen molar-refractivity contribution in [2.75, 3.05) is 10.6 Å². The van der Waals surface area contributed by atoms with Crippen molar-refractivity contribution in [2.45, 2.75) is 38.0 Å². The molecule has 1 amide bonds. The molecule has 0 saturated heterocycles. The molecule has 3 heterocycles. The zero-order chi connectivity index (χ0) is 22.3. The molecule has 0 unspecified atom stereocenters. The number of carbonyl (C=O) groups is 1. The first-order chi connectivity index (χ1) is 14.7. The van der Waals surface area contributed by atoms with E-state index in [1.165, 1.54) is 0 Å². The van der Waals surface area contributed by atoms with E-state index in [4.69, 9.17) is 4.42 Å². The van der Waals surface area contributed by atoms with E-state index in [0.717, 1.165) is 10.2 Å². The fraction of sp³-hybridized carbons (Fsp3) is 0.300. The van der Waals surface area contributed by atoms with Gasteiger partial charge < -0.3 is 15.1 Å². The number of furan rings is 1. The normalized spacial score (nSPS) is 18.4. The van der Waals surface area contributed by atoms with E-state index < -0.39 is 24.2 Å². The molecule has 1 aliphatic rings. The molecule has 4 rings (SSSR count). The molecule has 0 saturated carbocycles. The fourth-order valence-corrected chi connectivity index (χ4v) is 4.44. The van der Waals surface area contributed by atoms with Gasteiger partial charge in [0.2, 0.25) is 0 Å². The second-order valence-corrected chi connectivity index (χ2v) is 8.63. The quantitative estimate of drug-likeness (QED) is 0.382. The maximum atomic E-state index is 13.9. The number of hydrogen-bond acceptors (Lipinski definition) is 4. The van der Waals surface area contributed by atoms with Crippen LogP contribution >= 0.6 is 31.9 Å². The Hall–Kier alpha value is -2.27. The van der Waals surface area contributed by atoms with Crippen LogP contribution < -0.4 is 10.6 Å². The highest BCUT2D eigenvalue weighted by molar-refractivity contribution is 9.10. The number of amides is 1. The zero-order valence-corrected chi connectivity index (χ0v) is 19.3. The van der Waals surface area contributed by atoms with Crippen LogP contribution in [0.5, 0.6) is 0 Å². The van der Waals surface area contributed by atoms with E-state index in [1.807, 2.05) is 19.1 Å².